The van der Waals surface area contributed by atoms with Gasteiger partial charge in [-0.25, -0.2) is 0 Å². The Balaban J connectivity index is 0. The quantitative estimate of drug-likeness (QED) is 0.296. The standard InChI is InChI=1S/C11H20O7S.Na.H/c1-4-5-6-7-11(10(13)18-3,19(14,15)16)8-9(12)17-2;;/h4-8H2,1-3H3,(H,14,15,16);;. The monoisotopic (exact) mass is 320 g/mol. The van der Waals surface area contributed by atoms with E-state index >= 15 is 0 Å². The van der Waals surface area contributed by atoms with E-state index in [1.54, 1.807) is 0 Å². The Morgan fingerprint density at radius 3 is 2.05 bits per heavy atom. The molecule has 0 aromatic heterocycles. The molecule has 20 heavy (non-hydrogen) atoms. The summed E-state index contributed by atoms with van der Waals surface area (Å²) in [4.78, 5) is 23.1. The van der Waals surface area contributed by atoms with Gasteiger partial charge >= 0.3 is 41.5 Å². The van der Waals surface area contributed by atoms with E-state index < -0.39 is 33.2 Å². The van der Waals surface area contributed by atoms with Crippen molar-refractivity contribution in [2.45, 2.75) is 43.8 Å². The molecular formula is C11H21NaO7S. The molecule has 114 valence electrons. The predicted octanol–water partition coefficient (Wildman–Crippen LogP) is 0.281. The number of carbonyl (C=O) groups excluding carboxylic acids is 2. The first-order valence-corrected chi connectivity index (χ1v) is 7.31. The molecule has 1 unspecified atom stereocenters. The van der Waals surface area contributed by atoms with Crippen molar-refractivity contribution in [1.82, 2.24) is 0 Å². The fourth-order valence-electron chi connectivity index (χ4n) is 1.74. The molecule has 1 N–H and O–H groups in total. The van der Waals surface area contributed by atoms with Crippen molar-refractivity contribution in [2.24, 2.45) is 0 Å². The maximum absolute atomic E-state index is 11.8. The second-order valence-electron chi connectivity index (χ2n) is 4.17. The van der Waals surface area contributed by atoms with Crippen molar-refractivity contribution >= 4 is 51.6 Å². The molecule has 0 aliphatic rings. The van der Waals surface area contributed by atoms with Crippen LogP contribution in [0.3, 0.4) is 0 Å². The third-order valence-electron chi connectivity index (χ3n) is 2.89. The van der Waals surface area contributed by atoms with Crippen LogP contribution in [-0.4, -0.2) is 73.4 Å². The number of unbranched alkanes of at least 4 members (excludes halogenated alkanes) is 2. The first-order chi connectivity index (χ1) is 8.75. The van der Waals surface area contributed by atoms with Crippen LogP contribution in [0.2, 0.25) is 0 Å². The van der Waals surface area contributed by atoms with E-state index in [0.717, 1.165) is 20.6 Å². The summed E-state index contributed by atoms with van der Waals surface area (Å²) in [5.74, 6) is -2.06. The summed E-state index contributed by atoms with van der Waals surface area (Å²) in [7, 11) is -2.73. The molecular weight excluding hydrogens is 299 g/mol. The number of methoxy groups -OCH3 is 2. The molecule has 0 spiro atoms. The van der Waals surface area contributed by atoms with Crippen LogP contribution in [0.25, 0.3) is 0 Å². The summed E-state index contributed by atoms with van der Waals surface area (Å²) in [5, 5.41) is 0. The summed E-state index contributed by atoms with van der Waals surface area (Å²) in [6.45, 7) is 1.90. The van der Waals surface area contributed by atoms with Gasteiger partial charge in [-0.3, -0.25) is 14.1 Å². The van der Waals surface area contributed by atoms with Crippen LogP contribution in [0.15, 0.2) is 0 Å². The molecule has 0 aromatic carbocycles. The summed E-state index contributed by atoms with van der Waals surface area (Å²) >= 11 is 0. The van der Waals surface area contributed by atoms with Gasteiger partial charge in [0.05, 0.1) is 20.6 Å². The van der Waals surface area contributed by atoms with E-state index in [4.69, 9.17) is 0 Å². The SMILES string of the molecule is CCCCCC(CC(=O)OC)(C(=O)OC)S(=O)(=O)O.[NaH]. The summed E-state index contributed by atoms with van der Waals surface area (Å²) in [6.07, 6.45) is 0.860. The molecule has 7 nitrogen and oxygen atoms in total. The Morgan fingerprint density at radius 1 is 1.15 bits per heavy atom. The minimum absolute atomic E-state index is 0. The zero-order valence-electron chi connectivity index (χ0n) is 11.3. The van der Waals surface area contributed by atoms with E-state index in [9.17, 15) is 22.6 Å². The molecule has 0 heterocycles. The van der Waals surface area contributed by atoms with Crippen LogP contribution in [0, 0.1) is 0 Å². The second kappa shape index (κ2) is 9.73. The second-order valence-corrected chi connectivity index (χ2v) is 5.90. The number of ether oxygens (including phenoxy) is 2. The van der Waals surface area contributed by atoms with Crippen LogP contribution < -0.4 is 0 Å². The molecule has 9 heteroatoms. The van der Waals surface area contributed by atoms with Gasteiger partial charge in [0.1, 0.15) is 0 Å². The van der Waals surface area contributed by atoms with E-state index in [2.05, 4.69) is 9.47 Å². The summed E-state index contributed by atoms with van der Waals surface area (Å²) in [6, 6.07) is 0. The van der Waals surface area contributed by atoms with E-state index in [-0.39, 0.29) is 36.0 Å². The van der Waals surface area contributed by atoms with Crippen molar-refractivity contribution in [3.05, 3.63) is 0 Å². The average Bonchev–Trinajstić information content (AvgIpc) is 2.35. The molecule has 1 atom stereocenters. The Hall–Kier alpha value is -0.150. The molecule has 0 fully saturated rings. The van der Waals surface area contributed by atoms with Gasteiger partial charge in [-0.15, -0.1) is 0 Å². The normalized spacial score (nSPS) is 13.8. The van der Waals surface area contributed by atoms with Crippen LogP contribution in [-0.2, 0) is 29.2 Å². The van der Waals surface area contributed by atoms with Crippen molar-refractivity contribution in [2.75, 3.05) is 14.2 Å². The first kappa shape index (κ1) is 22.1. The zero-order chi connectivity index (χ0) is 15.1. The Kier molecular flexibility index (Phi) is 10.8. The Labute approximate surface area is 141 Å². The third-order valence-corrected chi connectivity index (χ3v) is 4.40. The molecule has 0 amide bonds. The maximum atomic E-state index is 11.8. The fraction of sp³-hybridized carbons (Fsp3) is 0.818. The number of esters is 2. The number of carbonyl (C=O) groups is 2. The van der Waals surface area contributed by atoms with Gasteiger partial charge in [0.2, 0.25) is 4.75 Å². The van der Waals surface area contributed by atoms with Crippen LogP contribution in [0.4, 0.5) is 0 Å². The van der Waals surface area contributed by atoms with Gasteiger partial charge < -0.3 is 9.47 Å². The Bertz CT molecular complexity index is 420. The third kappa shape index (κ3) is 5.69. The molecule has 0 aliphatic carbocycles. The molecule has 0 saturated heterocycles. The minimum atomic E-state index is -4.80. The average molecular weight is 320 g/mol. The van der Waals surface area contributed by atoms with Gasteiger partial charge in [0, 0.05) is 0 Å². The predicted molar refractivity (Wildman–Crippen MR) is 74.2 cm³/mol. The van der Waals surface area contributed by atoms with Crippen LogP contribution in [0.5, 0.6) is 0 Å². The van der Waals surface area contributed by atoms with E-state index in [1.165, 1.54) is 0 Å². The molecule has 0 rings (SSSR count). The van der Waals surface area contributed by atoms with Gasteiger partial charge in [0.25, 0.3) is 10.1 Å². The number of rotatable bonds is 8. The van der Waals surface area contributed by atoms with E-state index in [1.807, 2.05) is 6.92 Å². The molecule has 0 bridgehead atoms. The summed E-state index contributed by atoms with van der Waals surface area (Å²) in [5.41, 5.74) is 0. The first-order valence-electron chi connectivity index (χ1n) is 5.87. The fourth-order valence-corrected chi connectivity index (χ4v) is 2.74. The number of hydrogen-bond donors (Lipinski definition) is 1. The molecule has 0 aromatic rings. The van der Waals surface area contributed by atoms with Crippen molar-refractivity contribution in [3.63, 3.8) is 0 Å². The van der Waals surface area contributed by atoms with Gasteiger partial charge in [0.15, 0.2) is 0 Å². The van der Waals surface area contributed by atoms with E-state index in [0.29, 0.717) is 12.8 Å². The van der Waals surface area contributed by atoms with Crippen molar-refractivity contribution < 1.29 is 32.0 Å². The van der Waals surface area contributed by atoms with Crippen molar-refractivity contribution in [1.29, 1.82) is 0 Å². The Morgan fingerprint density at radius 2 is 1.70 bits per heavy atom. The molecule has 0 aliphatic heterocycles. The van der Waals surface area contributed by atoms with Crippen LogP contribution in [0.1, 0.15) is 39.0 Å². The summed E-state index contributed by atoms with van der Waals surface area (Å²) < 4.78 is 39.0. The van der Waals surface area contributed by atoms with Gasteiger partial charge in [-0.2, -0.15) is 8.42 Å². The topological polar surface area (TPSA) is 107 Å². The van der Waals surface area contributed by atoms with Crippen LogP contribution >= 0.6 is 0 Å². The zero-order valence-corrected chi connectivity index (χ0v) is 12.2. The van der Waals surface area contributed by atoms with Gasteiger partial charge in [-0.05, 0) is 6.42 Å². The van der Waals surface area contributed by atoms with Gasteiger partial charge in [-0.1, -0.05) is 26.2 Å². The van der Waals surface area contributed by atoms with Crippen molar-refractivity contribution in [3.8, 4) is 0 Å². The molecule has 0 radical (unpaired) electrons. The number of hydrogen-bond acceptors (Lipinski definition) is 6. The molecule has 0 saturated carbocycles.